The maximum absolute atomic E-state index is 2.41. The van der Waals surface area contributed by atoms with Crippen LogP contribution in [-0.4, -0.2) is 4.57 Å². The summed E-state index contributed by atoms with van der Waals surface area (Å²) in [6, 6.07) is 70.4. The second-order valence-corrected chi connectivity index (χ2v) is 14.0. The first-order valence-corrected chi connectivity index (χ1v) is 18.2. The molecular formula is C48H32N2S. The zero-order valence-corrected chi connectivity index (χ0v) is 28.6. The normalized spacial score (nSPS) is 11.5. The Morgan fingerprint density at radius 1 is 0.353 bits per heavy atom. The third-order valence-corrected chi connectivity index (χ3v) is 11.2. The Hall–Kier alpha value is -6.42. The zero-order valence-electron chi connectivity index (χ0n) is 27.8. The summed E-state index contributed by atoms with van der Waals surface area (Å²) in [5.74, 6) is 0. The molecule has 0 atom stereocenters. The van der Waals surface area contributed by atoms with E-state index < -0.39 is 0 Å². The lowest BCUT2D eigenvalue weighted by Crippen LogP contribution is -2.09. The highest BCUT2D eigenvalue weighted by Crippen LogP contribution is 2.42. The van der Waals surface area contributed by atoms with E-state index in [0.717, 1.165) is 17.1 Å². The summed E-state index contributed by atoms with van der Waals surface area (Å²) in [5.41, 5.74) is 11.8. The largest absolute Gasteiger partial charge is 0.310 e. The van der Waals surface area contributed by atoms with Crippen molar-refractivity contribution in [2.45, 2.75) is 0 Å². The van der Waals surface area contributed by atoms with Crippen LogP contribution in [-0.2, 0) is 0 Å². The van der Waals surface area contributed by atoms with E-state index in [0.29, 0.717) is 0 Å². The van der Waals surface area contributed by atoms with Crippen molar-refractivity contribution in [2.75, 3.05) is 4.90 Å². The molecule has 8 aromatic carbocycles. The number of hydrogen-bond acceptors (Lipinski definition) is 2. The maximum atomic E-state index is 2.41. The molecule has 0 aliphatic heterocycles. The number of anilines is 3. The van der Waals surface area contributed by atoms with Gasteiger partial charge in [0, 0.05) is 53.6 Å². The van der Waals surface area contributed by atoms with Gasteiger partial charge in [0.15, 0.2) is 0 Å². The van der Waals surface area contributed by atoms with E-state index in [2.05, 4.69) is 204 Å². The molecule has 0 fully saturated rings. The fourth-order valence-corrected chi connectivity index (χ4v) is 8.71. The average Bonchev–Trinajstić information content (AvgIpc) is 3.74. The molecule has 240 valence electrons. The molecule has 0 radical (unpaired) electrons. The number of hydrogen-bond donors (Lipinski definition) is 0. The molecule has 10 rings (SSSR count). The van der Waals surface area contributed by atoms with Crippen molar-refractivity contribution in [1.82, 2.24) is 4.57 Å². The number of para-hydroxylation sites is 3. The zero-order chi connectivity index (χ0) is 33.7. The number of aromatic nitrogens is 1. The summed E-state index contributed by atoms with van der Waals surface area (Å²) in [5, 5.41) is 5.12. The predicted molar refractivity (Wildman–Crippen MR) is 219 cm³/mol. The maximum Gasteiger partial charge on any atom is 0.0541 e. The van der Waals surface area contributed by atoms with Gasteiger partial charge in [-0.05, 0) is 83.4 Å². The predicted octanol–water partition coefficient (Wildman–Crippen LogP) is 14.0. The summed E-state index contributed by atoms with van der Waals surface area (Å²) in [4.78, 5) is 2.38. The molecule has 2 nitrogen and oxygen atoms in total. The Bertz CT molecular complexity index is 2790. The SMILES string of the molecule is c1ccc(-c2ccc(N(c3ccc(-c4ccccc4-n4c5ccccc5c5ccccc54)cc3)c3ccc4sc5ccccc5c4c3)cc2)cc1. The van der Waals surface area contributed by atoms with Gasteiger partial charge in [0.2, 0.25) is 0 Å². The van der Waals surface area contributed by atoms with Crippen LogP contribution < -0.4 is 4.90 Å². The Morgan fingerprint density at radius 3 is 1.57 bits per heavy atom. The fourth-order valence-electron chi connectivity index (χ4n) is 7.62. The Labute approximate surface area is 300 Å². The molecule has 2 aromatic heterocycles. The smallest absolute Gasteiger partial charge is 0.0541 e. The van der Waals surface area contributed by atoms with Crippen molar-refractivity contribution in [2.24, 2.45) is 0 Å². The quantitative estimate of drug-likeness (QED) is 0.171. The van der Waals surface area contributed by atoms with E-state index in [-0.39, 0.29) is 0 Å². The summed E-state index contributed by atoms with van der Waals surface area (Å²) in [6.07, 6.45) is 0. The molecule has 0 amide bonds. The van der Waals surface area contributed by atoms with Crippen LogP contribution in [0.15, 0.2) is 194 Å². The Morgan fingerprint density at radius 2 is 0.863 bits per heavy atom. The van der Waals surface area contributed by atoms with Crippen LogP contribution in [0.4, 0.5) is 17.1 Å². The number of rotatable bonds is 6. The molecule has 0 saturated carbocycles. The van der Waals surface area contributed by atoms with Gasteiger partial charge in [0.1, 0.15) is 0 Å². The van der Waals surface area contributed by atoms with E-state index in [1.54, 1.807) is 0 Å². The van der Waals surface area contributed by atoms with Crippen LogP contribution in [0.2, 0.25) is 0 Å². The average molecular weight is 669 g/mol. The van der Waals surface area contributed by atoms with Crippen molar-refractivity contribution >= 4 is 70.4 Å². The van der Waals surface area contributed by atoms with Crippen LogP contribution in [0.25, 0.3) is 69.9 Å². The van der Waals surface area contributed by atoms with Crippen molar-refractivity contribution in [3.63, 3.8) is 0 Å². The van der Waals surface area contributed by atoms with Gasteiger partial charge in [-0.3, -0.25) is 0 Å². The molecule has 3 heteroatoms. The third kappa shape index (κ3) is 5.01. The monoisotopic (exact) mass is 668 g/mol. The third-order valence-electron chi connectivity index (χ3n) is 10.0. The van der Waals surface area contributed by atoms with E-state index in [4.69, 9.17) is 0 Å². The molecule has 0 N–H and O–H groups in total. The van der Waals surface area contributed by atoms with E-state index in [9.17, 15) is 0 Å². The van der Waals surface area contributed by atoms with Crippen molar-refractivity contribution < 1.29 is 0 Å². The first kappa shape index (κ1) is 29.5. The summed E-state index contributed by atoms with van der Waals surface area (Å²) in [6.45, 7) is 0. The standard InChI is InChI=1S/C48H32N2S/c1-2-12-33(13-3-1)34-22-26-36(27-23-34)49(38-30-31-48-43(32-38)42-17-7-11-21-47(42)51-48)37-28-24-35(25-29-37)39-14-4-8-18-44(39)50-45-19-9-5-15-40(45)41-16-6-10-20-46(41)50/h1-32H. The highest BCUT2D eigenvalue weighted by Gasteiger charge is 2.18. The Kier molecular flexibility index (Phi) is 7.04. The number of fused-ring (bicyclic) bond motifs is 6. The summed E-state index contributed by atoms with van der Waals surface area (Å²) < 4.78 is 5.03. The summed E-state index contributed by atoms with van der Waals surface area (Å²) in [7, 11) is 0. The van der Waals surface area contributed by atoms with Gasteiger partial charge in [-0.15, -0.1) is 11.3 Å². The van der Waals surface area contributed by atoms with Crippen LogP contribution in [0.1, 0.15) is 0 Å². The number of nitrogens with zero attached hydrogens (tertiary/aromatic N) is 2. The minimum absolute atomic E-state index is 1.11. The van der Waals surface area contributed by atoms with Gasteiger partial charge in [-0.2, -0.15) is 0 Å². The molecular weight excluding hydrogens is 637 g/mol. The van der Waals surface area contributed by atoms with Gasteiger partial charge in [-0.25, -0.2) is 0 Å². The molecule has 51 heavy (non-hydrogen) atoms. The van der Waals surface area contributed by atoms with Crippen LogP contribution in [0.3, 0.4) is 0 Å². The molecule has 10 aromatic rings. The van der Waals surface area contributed by atoms with Crippen molar-refractivity contribution in [3.8, 4) is 27.9 Å². The molecule has 0 aliphatic carbocycles. The molecule has 0 aliphatic rings. The summed E-state index contributed by atoms with van der Waals surface area (Å²) >= 11 is 1.85. The van der Waals surface area contributed by atoms with Gasteiger partial charge in [-0.1, -0.05) is 127 Å². The lowest BCUT2D eigenvalue weighted by atomic mass is 10.0. The van der Waals surface area contributed by atoms with Crippen molar-refractivity contribution in [1.29, 1.82) is 0 Å². The lowest BCUT2D eigenvalue weighted by Gasteiger charge is -2.26. The minimum atomic E-state index is 1.11. The van der Waals surface area contributed by atoms with Crippen LogP contribution in [0.5, 0.6) is 0 Å². The van der Waals surface area contributed by atoms with E-state index in [1.807, 2.05) is 11.3 Å². The van der Waals surface area contributed by atoms with E-state index >= 15 is 0 Å². The molecule has 0 bridgehead atoms. The highest BCUT2D eigenvalue weighted by molar-refractivity contribution is 7.25. The first-order chi connectivity index (χ1) is 25.3. The topological polar surface area (TPSA) is 8.17 Å². The highest BCUT2D eigenvalue weighted by atomic mass is 32.1. The first-order valence-electron chi connectivity index (χ1n) is 17.4. The number of benzene rings is 8. The Balaban J connectivity index is 1.10. The van der Waals surface area contributed by atoms with Gasteiger partial charge in [0.25, 0.3) is 0 Å². The molecule has 2 heterocycles. The van der Waals surface area contributed by atoms with Crippen LogP contribution >= 0.6 is 11.3 Å². The molecule has 0 unspecified atom stereocenters. The second-order valence-electron chi connectivity index (χ2n) is 13.0. The van der Waals surface area contributed by atoms with Gasteiger partial charge in [0.05, 0.1) is 16.7 Å². The van der Waals surface area contributed by atoms with E-state index in [1.165, 1.54) is 69.9 Å². The van der Waals surface area contributed by atoms with Crippen LogP contribution in [0, 0.1) is 0 Å². The molecule has 0 spiro atoms. The molecule has 0 saturated heterocycles. The second kappa shape index (κ2) is 12.2. The fraction of sp³-hybridized carbons (Fsp3) is 0. The van der Waals surface area contributed by atoms with Gasteiger partial charge < -0.3 is 9.47 Å². The number of thiophene rings is 1. The van der Waals surface area contributed by atoms with Crippen molar-refractivity contribution in [3.05, 3.63) is 194 Å². The lowest BCUT2D eigenvalue weighted by molar-refractivity contribution is 1.18. The minimum Gasteiger partial charge on any atom is -0.310 e. The van der Waals surface area contributed by atoms with Gasteiger partial charge >= 0.3 is 0 Å².